The van der Waals surface area contributed by atoms with Gasteiger partial charge in [-0.15, -0.1) is 24.8 Å². The molecule has 26 heavy (non-hydrogen) atoms. The molecule has 4 nitrogen and oxygen atoms in total. The molecule has 0 aliphatic carbocycles. The van der Waals surface area contributed by atoms with Crippen molar-refractivity contribution in [2.24, 2.45) is 0 Å². The van der Waals surface area contributed by atoms with E-state index in [2.05, 4.69) is 45.5 Å². The zero-order chi connectivity index (χ0) is 16.6. The van der Waals surface area contributed by atoms with E-state index in [1.54, 1.807) is 12.3 Å². The predicted octanol–water partition coefficient (Wildman–Crippen LogP) is 4.08. The highest BCUT2D eigenvalue weighted by Gasteiger charge is 2.09. The lowest BCUT2D eigenvalue weighted by molar-refractivity contribution is 0.233. The van der Waals surface area contributed by atoms with E-state index in [0.29, 0.717) is 11.8 Å². The molecule has 0 radical (unpaired) electrons. The molecule has 0 spiro atoms. The summed E-state index contributed by atoms with van der Waals surface area (Å²) in [4.78, 5) is 6.46. The molecule has 1 aromatic heterocycles. The highest BCUT2D eigenvalue weighted by Crippen LogP contribution is 2.13. The normalized spacial score (nSPS) is 14.5. The summed E-state index contributed by atoms with van der Waals surface area (Å²) < 4.78 is 5.59. The molecule has 2 aromatic rings. The number of ether oxygens (including phenoxy) is 1. The summed E-state index contributed by atoms with van der Waals surface area (Å²) in [5, 5.41) is 3.85. The largest absolute Gasteiger partial charge is 0.488 e. The summed E-state index contributed by atoms with van der Waals surface area (Å²) in [7, 11) is 0. The van der Waals surface area contributed by atoms with E-state index in [0.717, 1.165) is 38.5 Å². The summed E-state index contributed by atoms with van der Waals surface area (Å²) in [6.45, 7) is 5.95. The first-order chi connectivity index (χ1) is 11.8. The fourth-order valence-corrected chi connectivity index (χ4v) is 2.75. The Labute approximate surface area is 172 Å². The molecule has 1 aromatic carbocycles. The second kappa shape index (κ2) is 12.2. The van der Waals surface area contributed by atoms with Crippen LogP contribution in [0.5, 0.6) is 5.75 Å². The van der Waals surface area contributed by atoms with E-state index in [-0.39, 0.29) is 24.8 Å². The first-order valence-corrected chi connectivity index (χ1v) is 8.60. The van der Waals surface area contributed by atoms with Crippen molar-refractivity contribution in [3.05, 3.63) is 65.0 Å². The Morgan fingerprint density at radius 2 is 1.81 bits per heavy atom. The van der Waals surface area contributed by atoms with Crippen LogP contribution in [0.4, 0.5) is 0 Å². The highest BCUT2D eigenvalue weighted by atomic mass is 35.5. The van der Waals surface area contributed by atoms with Crippen molar-refractivity contribution in [3.63, 3.8) is 0 Å². The molecule has 3 rings (SSSR count). The van der Waals surface area contributed by atoms with Crippen molar-refractivity contribution in [1.82, 2.24) is 15.2 Å². The van der Waals surface area contributed by atoms with Gasteiger partial charge >= 0.3 is 0 Å². The molecule has 1 N–H and O–H groups in total. The van der Waals surface area contributed by atoms with Crippen molar-refractivity contribution < 1.29 is 4.74 Å². The van der Waals surface area contributed by atoms with Gasteiger partial charge in [-0.3, -0.25) is 4.90 Å². The van der Waals surface area contributed by atoms with E-state index >= 15 is 0 Å². The molecule has 1 aliphatic heterocycles. The number of hydrogen-bond acceptors (Lipinski definition) is 4. The Morgan fingerprint density at radius 3 is 2.46 bits per heavy atom. The van der Waals surface area contributed by atoms with Gasteiger partial charge in [0.2, 0.25) is 0 Å². The fraction of sp³-hybridized carbons (Fsp3) is 0.316. The molecule has 7 heteroatoms. The van der Waals surface area contributed by atoms with E-state index in [4.69, 9.17) is 16.3 Å². The van der Waals surface area contributed by atoms with E-state index in [1.165, 1.54) is 11.1 Å². The number of pyridine rings is 1. The van der Waals surface area contributed by atoms with E-state index < -0.39 is 0 Å². The maximum Gasteiger partial charge on any atom is 0.138 e. The maximum absolute atomic E-state index is 5.74. The van der Waals surface area contributed by atoms with Crippen LogP contribution < -0.4 is 10.1 Å². The summed E-state index contributed by atoms with van der Waals surface area (Å²) >= 11 is 5.74. The second-order valence-electron chi connectivity index (χ2n) is 5.80. The number of hydrogen-bond donors (Lipinski definition) is 1. The number of piperazine rings is 1. The molecule has 2 heterocycles. The predicted molar refractivity (Wildman–Crippen MR) is 113 cm³/mol. The molecule has 0 bridgehead atoms. The molecule has 1 fully saturated rings. The standard InChI is InChI=1S/C19H22ClN3O.2ClH/c20-19-8-7-18(14-22-19)24-13-1-2-16-3-5-17(6-4-16)15-23-11-9-21-10-12-23;;/h1-8,14,21H,9-13,15H2;2*1H. The maximum atomic E-state index is 5.74. The first-order valence-electron chi connectivity index (χ1n) is 8.22. The minimum atomic E-state index is 0. The monoisotopic (exact) mass is 415 g/mol. The molecule has 1 saturated heterocycles. The van der Waals surface area contributed by atoms with Gasteiger partial charge in [-0.2, -0.15) is 0 Å². The van der Waals surface area contributed by atoms with Crippen LogP contribution in [-0.4, -0.2) is 42.7 Å². The average Bonchev–Trinajstić information content (AvgIpc) is 2.62. The van der Waals surface area contributed by atoms with Crippen LogP contribution in [-0.2, 0) is 6.54 Å². The van der Waals surface area contributed by atoms with Crippen molar-refractivity contribution in [1.29, 1.82) is 0 Å². The number of rotatable bonds is 6. The Morgan fingerprint density at radius 1 is 1.08 bits per heavy atom. The Bertz CT molecular complexity index is 657. The zero-order valence-electron chi connectivity index (χ0n) is 14.4. The van der Waals surface area contributed by atoms with Gasteiger partial charge in [0.25, 0.3) is 0 Å². The minimum absolute atomic E-state index is 0. The number of aromatic nitrogens is 1. The third-order valence-electron chi connectivity index (χ3n) is 3.95. The zero-order valence-corrected chi connectivity index (χ0v) is 16.8. The SMILES string of the molecule is Cl.Cl.Clc1ccc(OCC=Cc2ccc(CN3CCNCC3)cc2)cn1. The molecule has 0 atom stereocenters. The highest BCUT2D eigenvalue weighted by molar-refractivity contribution is 6.29. The summed E-state index contributed by atoms with van der Waals surface area (Å²) in [6, 6.07) is 12.2. The fourth-order valence-electron chi connectivity index (χ4n) is 2.64. The Kier molecular flexibility index (Phi) is 10.6. The van der Waals surface area contributed by atoms with Crippen LogP contribution in [0.25, 0.3) is 6.08 Å². The number of benzene rings is 1. The van der Waals surface area contributed by atoms with Gasteiger partial charge < -0.3 is 10.1 Å². The third-order valence-corrected chi connectivity index (χ3v) is 4.18. The van der Waals surface area contributed by atoms with Crippen molar-refractivity contribution in [2.45, 2.75) is 6.54 Å². The quantitative estimate of drug-likeness (QED) is 0.720. The molecule has 0 saturated carbocycles. The van der Waals surface area contributed by atoms with Gasteiger partial charge in [0.15, 0.2) is 0 Å². The third kappa shape index (κ3) is 7.52. The summed E-state index contributed by atoms with van der Waals surface area (Å²) in [6.07, 6.45) is 5.69. The second-order valence-corrected chi connectivity index (χ2v) is 6.18. The molecule has 1 aliphatic rings. The van der Waals surface area contributed by atoms with Crippen LogP contribution in [0.2, 0.25) is 5.15 Å². The van der Waals surface area contributed by atoms with E-state index in [1.807, 2.05) is 12.1 Å². The Balaban J connectivity index is 0.00000169. The minimum Gasteiger partial charge on any atom is -0.488 e. The molecule has 0 unspecified atom stereocenters. The Hall–Kier alpha value is -1.30. The van der Waals surface area contributed by atoms with Gasteiger partial charge in [-0.1, -0.05) is 41.9 Å². The van der Waals surface area contributed by atoms with Gasteiger partial charge in [-0.05, 0) is 29.3 Å². The average molecular weight is 417 g/mol. The van der Waals surface area contributed by atoms with Gasteiger partial charge in [0, 0.05) is 32.7 Å². The smallest absolute Gasteiger partial charge is 0.138 e. The van der Waals surface area contributed by atoms with Gasteiger partial charge in [-0.25, -0.2) is 4.98 Å². The first kappa shape index (κ1) is 22.7. The van der Waals surface area contributed by atoms with Crippen LogP contribution >= 0.6 is 36.4 Å². The molecule has 0 amide bonds. The topological polar surface area (TPSA) is 37.4 Å². The van der Waals surface area contributed by atoms with Gasteiger partial charge in [0.1, 0.15) is 17.5 Å². The van der Waals surface area contributed by atoms with Crippen LogP contribution in [0.1, 0.15) is 11.1 Å². The molecular weight excluding hydrogens is 393 g/mol. The summed E-state index contributed by atoms with van der Waals surface area (Å²) in [5.41, 5.74) is 2.54. The number of halogens is 3. The van der Waals surface area contributed by atoms with Crippen molar-refractivity contribution >= 4 is 42.5 Å². The lowest BCUT2D eigenvalue weighted by Crippen LogP contribution is -2.42. The lowest BCUT2D eigenvalue weighted by atomic mass is 10.1. The number of nitrogens with one attached hydrogen (secondary N) is 1. The summed E-state index contributed by atoms with van der Waals surface area (Å²) in [5.74, 6) is 0.718. The van der Waals surface area contributed by atoms with Crippen LogP contribution in [0.15, 0.2) is 48.7 Å². The van der Waals surface area contributed by atoms with E-state index in [9.17, 15) is 0 Å². The van der Waals surface area contributed by atoms with Crippen LogP contribution in [0, 0.1) is 0 Å². The molecule has 142 valence electrons. The molecular formula is C19H24Cl3N3O. The lowest BCUT2D eigenvalue weighted by Gasteiger charge is -2.27. The number of nitrogens with zero attached hydrogens (tertiary/aromatic N) is 2. The van der Waals surface area contributed by atoms with Crippen molar-refractivity contribution in [2.75, 3.05) is 32.8 Å². The van der Waals surface area contributed by atoms with Crippen molar-refractivity contribution in [3.8, 4) is 5.75 Å². The van der Waals surface area contributed by atoms with Crippen LogP contribution in [0.3, 0.4) is 0 Å². The van der Waals surface area contributed by atoms with Gasteiger partial charge in [0.05, 0.1) is 6.20 Å².